The molecule has 0 aromatic heterocycles. The van der Waals surface area contributed by atoms with Crippen LogP contribution in [0.25, 0.3) is 0 Å². The Kier molecular flexibility index (Phi) is 4.42. The van der Waals surface area contributed by atoms with Crippen LogP contribution < -0.4 is 14.8 Å². The van der Waals surface area contributed by atoms with Crippen molar-refractivity contribution in [2.45, 2.75) is 33.2 Å². The molecule has 0 heterocycles. The van der Waals surface area contributed by atoms with Crippen molar-refractivity contribution >= 4 is 6.09 Å². The van der Waals surface area contributed by atoms with Crippen molar-refractivity contribution in [3.8, 4) is 17.2 Å². The van der Waals surface area contributed by atoms with Gasteiger partial charge >= 0.3 is 6.09 Å². The normalized spacial score (nSPS) is 10.9. The van der Waals surface area contributed by atoms with E-state index in [-0.39, 0.29) is 11.3 Å². The summed E-state index contributed by atoms with van der Waals surface area (Å²) in [5.74, 6) is 0.622. The largest absolute Gasteiger partial charge is 0.504 e. The summed E-state index contributed by atoms with van der Waals surface area (Å²) >= 11 is 0. The molecule has 0 aliphatic rings. The van der Waals surface area contributed by atoms with E-state index in [0.29, 0.717) is 18.1 Å². The number of carbonyl (C=O) groups excluding carboxylic acids is 1. The first kappa shape index (κ1) is 14.2. The highest BCUT2D eigenvalue weighted by atomic mass is 16.6. The van der Waals surface area contributed by atoms with Crippen LogP contribution in [0.5, 0.6) is 17.2 Å². The number of hydrogen-bond donors (Lipinski definition) is 2. The Morgan fingerprint density at radius 1 is 1.39 bits per heavy atom. The minimum Gasteiger partial charge on any atom is -0.504 e. The highest BCUT2D eigenvalue weighted by Gasteiger charge is 2.15. The highest BCUT2D eigenvalue weighted by Crippen LogP contribution is 2.30. The zero-order chi connectivity index (χ0) is 13.8. The maximum Gasteiger partial charge on any atom is 0.413 e. The molecule has 0 atom stereocenters. The van der Waals surface area contributed by atoms with Gasteiger partial charge in [-0.05, 0) is 39.8 Å². The minimum absolute atomic E-state index is 0.0143. The summed E-state index contributed by atoms with van der Waals surface area (Å²) in [5.41, 5.74) is -0.364. The molecule has 0 aliphatic heterocycles. The molecule has 1 amide bonds. The molecule has 18 heavy (non-hydrogen) atoms. The average Bonchev–Trinajstić information content (AvgIpc) is 2.20. The van der Waals surface area contributed by atoms with Gasteiger partial charge in [-0.25, -0.2) is 4.79 Å². The lowest BCUT2D eigenvalue weighted by atomic mass is 10.1. The smallest absolute Gasteiger partial charge is 0.413 e. The van der Waals surface area contributed by atoms with Crippen LogP contribution in [-0.2, 0) is 0 Å². The van der Waals surface area contributed by atoms with Gasteiger partial charge in [0.1, 0.15) is 5.75 Å². The second-order valence-corrected chi connectivity index (χ2v) is 4.83. The number of rotatable bonds is 3. The highest BCUT2D eigenvalue weighted by molar-refractivity contribution is 5.71. The van der Waals surface area contributed by atoms with E-state index in [9.17, 15) is 9.90 Å². The van der Waals surface area contributed by atoms with Crippen molar-refractivity contribution in [1.29, 1.82) is 0 Å². The van der Waals surface area contributed by atoms with Crippen LogP contribution in [0.1, 0.15) is 27.7 Å². The van der Waals surface area contributed by atoms with Gasteiger partial charge in [-0.2, -0.15) is 0 Å². The van der Waals surface area contributed by atoms with Crippen LogP contribution in [0.4, 0.5) is 4.79 Å². The number of benzene rings is 1. The molecule has 0 saturated carbocycles. The Morgan fingerprint density at radius 2 is 2.06 bits per heavy atom. The number of nitrogens with one attached hydrogen (secondary N) is 1. The first-order chi connectivity index (χ1) is 8.31. The third-order valence-corrected chi connectivity index (χ3v) is 1.92. The molecule has 0 aliphatic carbocycles. The zero-order valence-electron chi connectivity index (χ0n) is 11.1. The summed E-state index contributed by atoms with van der Waals surface area (Å²) in [7, 11) is 0. The first-order valence-corrected chi connectivity index (χ1v) is 5.77. The van der Waals surface area contributed by atoms with E-state index >= 15 is 0 Å². The predicted octanol–water partition coefficient (Wildman–Crippen LogP) is 2.68. The van der Waals surface area contributed by atoms with Gasteiger partial charge in [-0.1, -0.05) is 0 Å². The average molecular weight is 253 g/mol. The van der Waals surface area contributed by atoms with Crippen LogP contribution in [0.15, 0.2) is 18.2 Å². The van der Waals surface area contributed by atoms with E-state index < -0.39 is 6.09 Å². The SMILES string of the molecule is CCOc1cc(OC(=O)NC(C)(C)C)ccc1O. The molecule has 5 heteroatoms. The molecule has 5 nitrogen and oxygen atoms in total. The molecule has 100 valence electrons. The van der Waals surface area contributed by atoms with Crippen LogP contribution in [0.3, 0.4) is 0 Å². The fourth-order valence-corrected chi connectivity index (χ4v) is 1.27. The Balaban J connectivity index is 2.73. The molecule has 1 aromatic rings. The summed E-state index contributed by atoms with van der Waals surface area (Å²) in [6, 6.07) is 4.39. The van der Waals surface area contributed by atoms with E-state index in [2.05, 4.69) is 5.32 Å². The number of carbonyl (C=O) groups is 1. The zero-order valence-corrected chi connectivity index (χ0v) is 11.1. The van der Waals surface area contributed by atoms with Gasteiger partial charge in [0.2, 0.25) is 0 Å². The van der Waals surface area contributed by atoms with Gasteiger partial charge in [0.15, 0.2) is 11.5 Å². The van der Waals surface area contributed by atoms with Gasteiger partial charge in [0.05, 0.1) is 6.61 Å². The summed E-state index contributed by atoms with van der Waals surface area (Å²) in [5, 5.41) is 12.2. The van der Waals surface area contributed by atoms with Crippen molar-refractivity contribution in [3.63, 3.8) is 0 Å². The number of ether oxygens (including phenoxy) is 2. The standard InChI is InChI=1S/C13H19NO4/c1-5-17-11-8-9(6-7-10(11)15)18-12(16)14-13(2,3)4/h6-8,15H,5H2,1-4H3,(H,14,16). The summed E-state index contributed by atoms with van der Waals surface area (Å²) < 4.78 is 10.3. The quantitative estimate of drug-likeness (QED) is 0.869. The molecule has 2 N–H and O–H groups in total. The molecule has 0 saturated heterocycles. The molecule has 1 aromatic carbocycles. The third-order valence-electron chi connectivity index (χ3n) is 1.92. The summed E-state index contributed by atoms with van der Waals surface area (Å²) in [6.45, 7) is 7.80. The summed E-state index contributed by atoms with van der Waals surface area (Å²) in [4.78, 5) is 11.5. The van der Waals surface area contributed by atoms with Gasteiger partial charge in [0, 0.05) is 11.6 Å². The van der Waals surface area contributed by atoms with Crippen molar-refractivity contribution in [1.82, 2.24) is 5.32 Å². The van der Waals surface area contributed by atoms with Crippen LogP contribution >= 0.6 is 0 Å². The Labute approximate surface area is 107 Å². The van der Waals surface area contributed by atoms with E-state index in [4.69, 9.17) is 9.47 Å². The first-order valence-electron chi connectivity index (χ1n) is 5.77. The van der Waals surface area contributed by atoms with E-state index in [1.807, 2.05) is 20.8 Å². The van der Waals surface area contributed by atoms with E-state index in [0.717, 1.165) is 0 Å². The topological polar surface area (TPSA) is 67.8 Å². The maximum atomic E-state index is 11.5. The van der Waals surface area contributed by atoms with Crippen molar-refractivity contribution in [2.24, 2.45) is 0 Å². The van der Waals surface area contributed by atoms with Crippen molar-refractivity contribution in [3.05, 3.63) is 18.2 Å². The number of phenols is 1. The number of aromatic hydroxyl groups is 1. The molecule has 0 unspecified atom stereocenters. The molecule has 0 spiro atoms. The summed E-state index contributed by atoms with van der Waals surface area (Å²) in [6.07, 6.45) is -0.546. The Hall–Kier alpha value is -1.91. The Morgan fingerprint density at radius 3 is 2.61 bits per heavy atom. The molecule has 1 rings (SSSR count). The van der Waals surface area contributed by atoms with Crippen molar-refractivity contribution in [2.75, 3.05) is 6.61 Å². The van der Waals surface area contributed by atoms with Gasteiger partial charge < -0.3 is 19.9 Å². The van der Waals surface area contributed by atoms with Crippen LogP contribution in [0.2, 0.25) is 0 Å². The predicted molar refractivity (Wildman–Crippen MR) is 68.2 cm³/mol. The molecule has 0 radical (unpaired) electrons. The van der Waals surface area contributed by atoms with Crippen LogP contribution in [0, 0.1) is 0 Å². The lowest BCUT2D eigenvalue weighted by molar-refractivity contribution is 0.190. The second-order valence-electron chi connectivity index (χ2n) is 4.83. The number of amides is 1. The fraction of sp³-hybridized carbons (Fsp3) is 0.462. The fourth-order valence-electron chi connectivity index (χ4n) is 1.27. The number of hydrogen-bond acceptors (Lipinski definition) is 4. The molecule has 0 bridgehead atoms. The van der Waals surface area contributed by atoms with E-state index in [1.54, 1.807) is 6.92 Å². The molecular weight excluding hydrogens is 234 g/mol. The van der Waals surface area contributed by atoms with E-state index in [1.165, 1.54) is 18.2 Å². The lowest BCUT2D eigenvalue weighted by Gasteiger charge is -2.20. The lowest BCUT2D eigenvalue weighted by Crippen LogP contribution is -2.42. The van der Waals surface area contributed by atoms with Gasteiger partial charge in [0.25, 0.3) is 0 Å². The minimum atomic E-state index is -0.546. The van der Waals surface area contributed by atoms with Gasteiger partial charge in [-0.15, -0.1) is 0 Å². The Bertz CT molecular complexity index is 423. The monoisotopic (exact) mass is 253 g/mol. The molecular formula is C13H19NO4. The third kappa shape index (κ3) is 4.53. The van der Waals surface area contributed by atoms with Crippen LogP contribution in [-0.4, -0.2) is 23.3 Å². The van der Waals surface area contributed by atoms with Crippen molar-refractivity contribution < 1.29 is 19.4 Å². The number of phenolic OH excluding ortho intramolecular Hbond substituents is 1. The second kappa shape index (κ2) is 5.62. The molecule has 0 fully saturated rings. The van der Waals surface area contributed by atoms with Gasteiger partial charge in [-0.3, -0.25) is 0 Å². The maximum absolute atomic E-state index is 11.5.